The fraction of sp³-hybridized carbons (Fsp3) is 0.0541. The molecule has 8 aromatic rings. The van der Waals surface area contributed by atoms with E-state index in [1.54, 1.807) is 10.6 Å². The standard InChI is InChI=1S/C37H26N2/c1-2-35-38-33-21-11-12-22-34(33)39(35)37-30-19-9-7-17-28(30)36(29-18-8-10-20-31(29)37)32-23-24-13-3-4-14-25(24)26-15-5-6-16-27(26)32/h3-23H,2H2,1H3/i1D3,2D2. The molecule has 39 heavy (non-hydrogen) atoms. The van der Waals surface area contributed by atoms with Crippen LogP contribution in [0.25, 0.3) is 70.9 Å². The Kier molecular flexibility index (Phi) is 3.84. The Balaban J connectivity index is 1.58. The lowest BCUT2D eigenvalue weighted by molar-refractivity contribution is 0.917. The first-order valence-electron chi connectivity index (χ1n) is 15.6. The number of nitrogens with zero attached hydrogens (tertiary/aromatic N) is 2. The van der Waals surface area contributed by atoms with Crippen molar-refractivity contribution in [2.24, 2.45) is 0 Å². The average Bonchev–Trinajstić information content (AvgIpc) is 3.43. The predicted octanol–water partition coefficient (Wildman–Crippen LogP) is 9.87. The third kappa shape index (κ3) is 3.18. The van der Waals surface area contributed by atoms with Crippen LogP contribution >= 0.6 is 0 Å². The van der Waals surface area contributed by atoms with Gasteiger partial charge in [0, 0.05) is 24.0 Å². The normalized spacial score (nSPS) is 14.4. The maximum Gasteiger partial charge on any atom is 0.114 e. The first kappa shape index (κ1) is 17.5. The minimum absolute atomic E-state index is 0.141. The lowest BCUT2D eigenvalue weighted by atomic mass is 9.86. The van der Waals surface area contributed by atoms with E-state index in [1.807, 2.05) is 54.6 Å². The molecule has 0 amide bonds. The monoisotopic (exact) mass is 503 g/mol. The van der Waals surface area contributed by atoms with Crippen LogP contribution in [0.3, 0.4) is 0 Å². The number of rotatable bonds is 3. The number of fused-ring (bicyclic) bond motifs is 6. The molecule has 0 aliphatic rings. The Morgan fingerprint density at radius 3 is 1.90 bits per heavy atom. The molecule has 8 rings (SSSR count). The lowest BCUT2D eigenvalue weighted by Crippen LogP contribution is -2.03. The number of hydrogen-bond donors (Lipinski definition) is 0. The maximum absolute atomic E-state index is 8.82. The van der Waals surface area contributed by atoms with Crippen LogP contribution in [-0.4, -0.2) is 9.55 Å². The summed E-state index contributed by atoms with van der Waals surface area (Å²) in [6, 6.07) is 42.8. The highest BCUT2D eigenvalue weighted by molar-refractivity contribution is 6.24. The Hall–Kier alpha value is -4.95. The summed E-state index contributed by atoms with van der Waals surface area (Å²) < 4.78 is 43.7. The zero-order chi connectivity index (χ0) is 30.2. The fourth-order valence-corrected chi connectivity index (χ4v) is 6.23. The van der Waals surface area contributed by atoms with E-state index in [2.05, 4.69) is 71.7 Å². The van der Waals surface area contributed by atoms with Gasteiger partial charge < -0.3 is 0 Å². The van der Waals surface area contributed by atoms with Crippen LogP contribution in [0.2, 0.25) is 0 Å². The van der Waals surface area contributed by atoms with E-state index < -0.39 is 13.2 Å². The van der Waals surface area contributed by atoms with E-state index >= 15 is 0 Å². The molecule has 184 valence electrons. The zero-order valence-corrected chi connectivity index (χ0v) is 21.0. The summed E-state index contributed by atoms with van der Waals surface area (Å²) in [7, 11) is 0. The second kappa shape index (κ2) is 8.54. The summed E-state index contributed by atoms with van der Waals surface area (Å²) >= 11 is 0. The van der Waals surface area contributed by atoms with Crippen LogP contribution < -0.4 is 0 Å². The molecule has 2 nitrogen and oxygen atoms in total. The molecule has 0 aliphatic carbocycles. The van der Waals surface area contributed by atoms with Crippen molar-refractivity contribution in [2.75, 3.05) is 0 Å². The molecule has 0 atom stereocenters. The molecule has 0 N–H and O–H groups in total. The van der Waals surface area contributed by atoms with Gasteiger partial charge in [0.25, 0.3) is 0 Å². The number of benzene rings is 7. The lowest BCUT2D eigenvalue weighted by Gasteiger charge is -2.21. The van der Waals surface area contributed by atoms with Crippen LogP contribution in [0.15, 0.2) is 127 Å². The van der Waals surface area contributed by atoms with E-state index in [1.165, 1.54) is 10.8 Å². The highest BCUT2D eigenvalue weighted by Crippen LogP contribution is 2.45. The number of para-hydroxylation sites is 2. The molecule has 0 saturated carbocycles. The Morgan fingerprint density at radius 2 is 1.18 bits per heavy atom. The van der Waals surface area contributed by atoms with Gasteiger partial charge in [0.1, 0.15) is 5.82 Å². The predicted molar refractivity (Wildman–Crippen MR) is 166 cm³/mol. The molecular formula is C37H26N2. The third-order valence-corrected chi connectivity index (χ3v) is 7.84. The number of aromatic nitrogens is 2. The summed E-state index contributed by atoms with van der Waals surface area (Å²) in [5.41, 5.74) is 4.07. The van der Waals surface area contributed by atoms with Crippen LogP contribution in [0.4, 0.5) is 0 Å². The van der Waals surface area contributed by atoms with Gasteiger partial charge in [-0.1, -0.05) is 116 Å². The molecule has 0 bridgehead atoms. The van der Waals surface area contributed by atoms with Gasteiger partial charge in [0.2, 0.25) is 0 Å². The molecule has 0 saturated heterocycles. The zero-order valence-electron chi connectivity index (χ0n) is 26.0. The van der Waals surface area contributed by atoms with E-state index in [-0.39, 0.29) is 5.82 Å². The van der Waals surface area contributed by atoms with E-state index in [4.69, 9.17) is 6.85 Å². The van der Waals surface area contributed by atoms with E-state index in [0.29, 0.717) is 16.7 Å². The Morgan fingerprint density at radius 1 is 0.615 bits per heavy atom. The van der Waals surface area contributed by atoms with Crippen molar-refractivity contribution in [3.8, 4) is 16.8 Å². The molecule has 0 unspecified atom stereocenters. The minimum atomic E-state index is -2.93. The second-order valence-electron chi connectivity index (χ2n) is 9.89. The molecule has 0 aliphatic heterocycles. The molecule has 7 aromatic carbocycles. The molecule has 0 fully saturated rings. The number of imidazole rings is 1. The van der Waals surface area contributed by atoms with Gasteiger partial charge in [0.05, 0.1) is 16.7 Å². The van der Waals surface area contributed by atoms with Crippen molar-refractivity contribution >= 4 is 54.1 Å². The highest BCUT2D eigenvalue weighted by atomic mass is 15.1. The smallest absolute Gasteiger partial charge is 0.114 e. The summed E-state index contributed by atoms with van der Waals surface area (Å²) in [5, 5.41) is 8.38. The minimum Gasteiger partial charge on any atom is -0.295 e. The van der Waals surface area contributed by atoms with Crippen LogP contribution in [0.1, 0.15) is 19.5 Å². The largest absolute Gasteiger partial charge is 0.295 e. The van der Waals surface area contributed by atoms with Gasteiger partial charge in [-0.15, -0.1) is 0 Å². The van der Waals surface area contributed by atoms with Crippen LogP contribution in [0, 0.1) is 0 Å². The average molecular weight is 504 g/mol. The van der Waals surface area contributed by atoms with Gasteiger partial charge in [-0.2, -0.15) is 0 Å². The van der Waals surface area contributed by atoms with Crippen LogP contribution in [-0.2, 0) is 6.37 Å². The van der Waals surface area contributed by atoms with Crippen molar-refractivity contribution in [3.63, 3.8) is 0 Å². The first-order valence-corrected chi connectivity index (χ1v) is 13.1. The summed E-state index contributed by atoms with van der Waals surface area (Å²) in [4.78, 5) is 4.62. The topological polar surface area (TPSA) is 17.8 Å². The molecule has 1 aromatic heterocycles. The van der Waals surface area contributed by atoms with Crippen molar-refractivity contribution in [3.05, 3.63) is 133 Å². The summed E-state index contributed by atoms with van der Waals surface area (Å²) in [5.74, 6) is -0.141. The maximum atomic E-state index is 8.82. The molecule has 2 heteroatoms. The Bertz CT molecular complexity index is 2360. The molecule has 1 heterocycles. The highest BCUT2D eigenvalue weighted by Gasteiger charge is 2.21. The van der Waals surface area contributed by atoms with Gasteiger partial charge in [-0.25, -0.2) is 4.98 Å². The van der Waals surface area contributed by atoms with E-state index in [0.717, 1.165) is 43.4 Å². The van der Waals surface area contributed by atoms with Crippen molar-refractivity contribution in [1.29, 1.82) is 0 Å². The molecule has 0 spiro atoms. The number of hydrogen-bond acceptors (Lipinski definition) is 1. The SMILES string of the molecule is [2H]C([2H])([2H])C([2H])([2H])c1nc2ccccc2n1-c1c2ccccc2c(-c2cc3ccccc3c3ccccc23)c2ccccc12. The Labute approximate surface area is 233 Å². The molecular weight excluding hydrogens is 472 g/mol. The first-order chi connectivity index (χ1) is 21.3. The molecule has 0 radical (unpaired) electrons. The van der Waals surface area contributed by atoms with E-state index in [9.17, 15) is 0 Å². The van der Waals surface area contributed by atoms with Crippen LogP contribution in [0.5, 0.6) is 0 Å². The summed E-state index contributed by atoms with van der Waals surface area (Å²) in [6.45, 7) is -2.93. The third-order valence-electron chi connectivity index (χ3n) is 7.84. The van der Waals surface area contributed by atoms with Gasteiger partial charge in [0.15, 0.2) is 0 Å². The van der Waals surface area contributed by atoms with Crippen molar-refractivity contribution in [2.45, 2.75) is 13.2 Å². The number of aryl methyl sites for hydroxylation is 1. The van der Waals surface area contributed by atoms with Gasteiger partial charge >= 0.3 is 0 Å². The fourth-order valence-electron chi connectivity index (χ4n) is 6.23. The van der Waals surface area contributed by atoms with Crippen molar-refractivity contribution in [1.82, 2.24) is 9.55 Å². The quantitative estimate of drug-likeness (QED) is 0.173. The summed E-state index contributed by atoms with van der Waals surface area (Å²) in [6.07, 6.45) is -2.71. The van der Waals surface area contributed by atoms with Gasteiger partial charge in [-0.05, 0) is 61.6 Å². The second-order valence-corrected chi connectivity index (χ2v) is 9.89. The van der Waals surface area contributed by atoms with Gasteiger partial charge in [-0.3, -0.25) is 4.57 Å². The van der Waals surface area contributed by atoms with Crippen molar-refractivity contribution < 1.29 is 6.85 Å².